The minimum Gasteiger partial charge on any atom is -0.375 e. The Morgan fingerprint density at radius 2 is 2.33 bits per heavy atom. The van der Waals surface area contributed by atoms with Gasteiger partial charge in [-0.05, 0) is 12.5 Å². The highest BCUT2D eigenvalue weighted by molar-refractivity contribution is 9.09. The molecular formula is C11H11BrN2S. The maximum atomic E-state index is 5.69. The molecule has 0 aliphatic carbocycles. The van der Waals surface area contributed by atoms with Gasteiger partial charge in [0.15, 0.2) is 5.13 Å². The highest BCUT2D eigenvalue weighted by Gasteiger charge is 2.03. The number of fused-ring (bicyclic) bond motifs is 1. The van der Waals surface area contributed by atoms with E-state index < -0.39 is 0 Å². The molecule has 0 unspecified atom stereocenters. The fourth-order valence-corrected chi connectivity index (χ4v) is 2.43. The molecule has 78 valence electrons. The first kappa shape index (κ1) is 10.6. The van der Waals surface area contributed by atoms with Crippen molar-refractivity contribution >= 4 is 48.7 Å². The topological polar surface area (TPSA) is 38.9 Å². The molecule has 0 spiro atoms. The van der Waals surface area contributed by atoms with E-state index in [2.05, 4.69) is 39.1 Å². The lowest BCUT2D eigenvalue weighted by Gasteiger charge is -1.94. The van der Waals surface area contributed by atoms with Crippen molar-refractivity contribution in [2.24, 2.45) is 0 Å². The van der Waals surface area contributed by atoms with E-state index in [1.807, 2.05) is 12.1 Å². The van der Waals surface area contributed by atoms with Crippen molar-refractivity contribution in [2.75, 3.05) is 11.1 Å². The van der Waals surface area contributed by atoms with Crippen LogP contribution in [0.15, 0.2) is 24.3 Å². The van der Waals surface area contributed by atoms with Gasteiger partial charge < -0.3 is 5.73 Å². The largest absolute Gasteiger partial charge is 0.375 e. The van der Waals surface area contributed by atoms with Gasteiger partial charge in [0.1, 0.15) is 0 Å². The summed E-state index contributed by atoms with van der Waals surface area (Å²) in [7, 11) is 0. The number of alkyl halides is 1. The Morgan fingerprint density at radius 3 is 3.13 bits per heavy atom. The molecule has 0 aliphatic heterocycles. The molecule has 0 fully saturated rings. The van der Waals surface area contributed by atoms with Crippen LogP contribution in [-0.4, -0.2) is 10.3 Å². The third kappa shape index (κ3) is 2.38. The molecule has 2 N–H and O–H groups in total. The summed E-state index contributed by atoms with van der Waals surface area (Å²) in [6.07, 6.45) is 5.26. The lowest BCUT2D eigenvalue weighted by atomic mass is 10.2. The van der Waals surface area contributed by atoms with E-state index in [1.165, 1.54) is 11.3 Å². The van der Waals surface area contributed by atoms with Crippen LogP contribution in [0.25, 0.3) is 16.3 Å². The lowest BCUT2D eigenvalue weighted by Crippen LogP contribution is -1.81. The molecule has 0 saturated carbocycles. The molecular weight excluding hydrogens is 272 g/mol. The Labute approximate surface area is 101 Å². The smallest absolute Gasteiger partial charge is 0.181 e. The molecule has 0 atom stereocenters. The average molecular weight is 283 g/mol. The van der Waals surface area contributed by atoms with Crippen LogP contribution in [0.5, 0.6) is 0 Å². The number of anilines is 1. The Hall–Kier alpha value is -0.870. The number of hydrogen-bond acceptors (Lipinski definition) is 3. The summed E-state index contributed by atoms with van der Waals surface area (Å²) in [4.78, 5) is 4.33. The molecule has 2 rings (SSSR count). The fourth-order valence-electron chi connectivity index (χ4n) is 1.39. The van der Waals surface area contributed by atoms with E-state index in [0.717, 1.165) is 27.5 Å². The van der Waals surface area contributed by atoms with Gasteiger partial charge in [0.05, 0.1) is 10.2 Å². The SMILES string of the molecule is Nc1nc2c(C=CCCBr)cccc2s1. The summed E-state index contributed by atoms with van der Waals surface area (Å²) in [5.74, 6) is 0. The summed E-state index contributed by atoms with van der Waals surface area (Å²) in [6.45, 7) is 0. The molecule has 0 amide bonds. The molecule has 2 aromatic rings. The summed E-state index contributed by atoms with van der Waals surface area (Å²) in [5.41, 5.74) is 7.84. The van der Waals surface area contributed by atoms with Crippen molar-refractivity contribution in [2.45, 2.75) is 6.42 Å². The van der Waals surface area contributed by atoms with E-state index in [9.17, 15) is 0 Å². The third-order valence-electron chi connectivity index (χ3n) is 2.04. The summed E-state index contributed by atoms with van der Waals surface area (Å²) < 4.78 is 1.15. The van der Waals surface area contributed by atoms with Gasteiger partial charge in [-0.2, -0.15) is 0 Å². The second-order valence-electron chi connectivity index (χ2n) is 3.13. The van der Waals surface area contributed by atoms with Gasteiger partial charge in [-0.1, -0.05) is 51.6 Å². The first-order valence-electron chi connectivity index (χ1n) is 4.69. The number of para-hydroxylation sites is 1. The number of nitrogens with zero attached hydrogens (tertiary/aromatic N) is 1. The second-order valence-corrected chi connectivity index (χ2v) is 4.98. The van der Waals surface area contributed by atoms with Crippen LogP contribution in [0.1, 0.15) is 12.0 Å². The Balaban J connectivity index is 2.41. The highest BCUT2D eigenvalue weighted by atomic mass is 79.9. The van der Waals surface area contributed by atoms with Crippen LogP contribution < -0.4 is 5.73 Å². The number of halogens is 1. The Bertz CT molecular complexity index is 490. The zero-order valence-electron chi connectivity index (χ0n) is 8.11. The van der Waals surface area contributed by atoms with Gasteiger partial charge in [0.25, 0.3) is 0 Å². The van der Waals surface area contributed by atoms with Crippen LogP contribution in [0.2, 0.25) is 0 Å². The summed E-state index contributed by atoms with van der Waals surface area (Å²) >= 11 is 4.92. The molecule has 4 heteroatoms. The Kier molecular flexibility index (Phi) is 3.38. The minimum absolute atomic E-state index is 0.631. The zero-order chi connectivity index (χ0) is 10.7. The molecule has 0 radical (unpaired) electrons. The molecule has 0 aliphatic rings. The van der Waals surface area contributed by atoms with Gasteiger partial charge in [0, 0.05) is 10.9 Å². The second kappa shape index (κ2) is 4.77. The molecule has 0 saturated heterocycles. The molecule has 0 bridgehead atoms. The van der Waals surface area contributed by atoms with E-state index in [1.54, 1.807) is 0 Å². The van der Waals surface area contributed by atoms with Crippen LogP contribution in [0.4, 0.5) is 5.13 Å². The first-order valence-corrected chi connectivity index (χ1v) is 6.62. The Morgan fingerprint density at radius 1 is 1.47 bits per heavy atom. The molecule has 2 nitrogen and oxygen atoms in total. The minimum atomic E-state index is 0.631. The van der Waals surface area contributed by atoms with Crippen molar-refractivity contribution < 1.29 is 0 Å². The van der Waals surface area contributed by atoms with Crippen LogP contribution in [0.3, 0.4) is 0 Å². The van der Waals surface area contributed by atoms with E-state index in [4.69, 9.17) is 5.73 Å². The van der Waals surface area contributed by atoms with Crippen molar-refractivity contribution in [3.05, 3.63) is 29.8 Å². The molecule has 1 aromatic carbocycles. The standard InChI is InChI=1S/C11H11BrN2S/c12-7-2-1-4-8-5-3-6-9-10(8)14-11(13)15-9/h1,3-6H,2,7H2,(H2,13,14). The summed E-state index contributed by atoms with van der Waals surface area (Å²) in [6, 6.07) is 6.14. The van der Waals surface area contributed by atoms with Crippen LogP contribution >= 0.6 is 27.3 Å². The zero-order valence-corrected chi connectivity index (χ0v) is 10.5. The third-order valence-corrected chi connectivity index (χ3v) is 3.35. The number of nitrogens with two attached hydrogens (primary N) is 1. The number of thiazole rings is 1. The predicted octanol–water partition coefficient (Wildman–Crippen LogP) is 3.68. The van der Waals surface area contributed by atoms with Crippen molar-refractivity contribution in [3.8, 4) is 0 Å². The maximum Gasteiger partial charge on any atom is 0.181 e. The van der Waals surface area contributed by atoms with Crippen molar-refractivity contribution in [1.82, 2.24) is 4.98 Å². The van der Waals surface area contributed by atoms with E-state index >= 15 is 0 Å². The fraction of sp³-hybridized carbons (Fsp3) is 0.182. The molecule has 1 aromatic heterocycles. The van der Waals surface area contributed by atoms with Crippen molar-refractivity contribution in [3.63, 3.8) is 0 Å². The number of hydrogen-bond donors (Lipinski definition) is 1. The normalized spacial score (nSPS) is 11.5. The average Bonchev–Trinajstić information content (AvgIpc) is 2.59. The van der Waals surface area contributed by atoms with Gasteiger partial charge >= 0.3 is 0 Å². The van der Waals surface area contributed by atoms with Gasteiger partial charge in [-0.15, -0.1) is 0 Å². The highest BCUT2D eigenvalue weighted by Crippen LogP contribution is 2.26. The number of benzene rings is 1. The summed E-state index contributed by atoms with van der Waals surface area (Å²) in [5, 5.41) is 1.62. The van der Waals surface area contributed by atoms with E-state index in [-0.39, 0.29) is 0 Å². The quantitative estimate of drug-likeness (QED) is 0.873. The molecule has 1 heterocycles. The predicted molar refractivity (Wildman–Crippen MR) is 71.5 cm³/mol. The van der Waals surface area contributed by atoms with E-state index in [0.29, 0.717) is 5.13 Å². The lowest BCUT2D eigenvalue weighted by molar-refractivity contribution is 1.27. The monoisotopic (exact) mass is 282 g/mol. The number of nitrogen functional groups attached to an aromatic ring is 1. The maximum absolute atomic E-state index is 5.69. The molecule has 15 heavy (non-hydrogen) atoms. The first-order chi connectivity index (χ1) is 7.31. The number of rotatable bonds is 3. The van der Waals surface area contributed by atoms with Gasteiger partial charge in [0.2, 0.25) is 0 Å². The van der Waals surface area contributed by atoms with Crippen molar-refractivity contribution in [1.29, 1.82) is 0 Å². The van der Waals surface area contributed by atoms with Crippen LogP contribution in [-0.2, 0) is 0 Å². The van der Waals surface area contributed by atoms with Gasteiger partial charge in [-0.25, -0.2) is 4.98 Å². The van der Waals surface area contributed by atoms with Gasteiger partial charge in [-0.3, -0.25) is 0 Å². The van der Waals surface area contributed by atoms with Crippen LogP contribution in [0, 0.1) is 0 Å². The number of allylic oxidation sites excluding steroid dienone is 1. The number of aromatic nitrogens is 1.